The van der Waals surface area contributed by atoms with Gasteiger partial charge >= 0.3 is 12.2 Å². The van der Waals surface area contributed by atoms with Crippen molar-refractivity contribution in [3.05, 3.63) is 65.8 Å². The molecule has 2 aromatic carbocycles. The third-order valence-corrected chi connectivity index (χ3v) is 5.04. The van der Waals surface area contributed by atoms with Gasteiger partial charge in [-0.3, -0.25) is 9.69 Å². The Labute approximate surface area is 188 Å². The van der Waals surface area contributed by atoms with Crippen molar-refractivity contribution in [1.82, 2.24) is 10.6 Å². The fourth-order valence-electron chi connectivity index (χ4n) is 3.33. The molecule has 0 unspecified atom stereocenters. The van der Waals surface area contributed by atoms with E-state index in [-0.39, 0.29) is 25.5 Å². The minimum absolute atomic E-state index is 0.0611. The number of hydrogen-bond donors (Lipinski definition) is 2. The Kier molecular flexibility index (Phi) is 8.05. The molecule has 0 aliphatic carbocycles. The van der Waals surface area contributed by atoms with Gasteiger partial charge in [0.2, 0.25) is 5.91 Å². The van der Waals surface area contributed by atoms with E-state index < -0.39 is 36.3 Å². The zero-order valence-corrected chi connectivity index (χ0v) is 17.8. The zero-order chi connectivity index (χ0) is 24.0. The van der Waals surface area contributed by atoms with E-state index in [0.29, 0.717) is 23.4 Å². The summed E-state index contributed by atoms with van der Waals surface area (Å²) < 4.78 is 56.8. The number of halogens is 4. The molecule has 2 N–H and O–H groups in total. The summed E-state index contributed by atoms with van der Waals surface area (Å²) in [5, 5.41) is 5.45. The Morgan fingerprint density at radius 3 is 2.52 bits per heavy atom. The van der Waals surface area contributed by atoms with Crippen molar-refractivity contribution in [2.75, 3.05) is 24.5 Å². The number of nitrogens with zero attached hydrogens (tertiary/aromatic N) is 1. The summed E-state index contributed by atoms with van der Waals surface area (Å²) in [5.41, 5.74) is 2.12. The summed E-state index contributed by atoms with van der Waals surface area (Å²) >= 11 is 0. The van der Waals surface area contributed by atoms with Crippen LogP contribution in [0, 0.1) is 5.82 Å². The molecule has 1 saturated heterocycles. The van der Waals surface area contributed by atoms with Crippen LogP contribution in [-0.2, 0) is 16.1 Å². The average Bonchev–Trinajstić information content (AvgIpc) is 3.16. The first-order chi connectivity index (χ1) is 15.7. The molecule has 3 rings (SSSR count). The van der Waals surface area contributed by atoms with E-state index in [1.165, 1.54) is 17.9 Å². The van der Waals surface area contributed by atoms with Gasteiger partial charge in [-0.25, -0.2) is 13.6 Å². The van der Waals surface area contributed by atoms with Crippen LogP contribution in [0.5, 0.6) is 0 Å². The number of carbonyl (C=O) groups is 2. The molecule has 6 nitrogen and oxygen atoms in total. The fraction of sp³-hybridized carbons (Fsp3) is 0.304. The lowest BCUT2D eigenvalue weighted by atomic mass is 10.0. The van der Waals surface area contributed by atoms with Crippen molar-refractivity contribution < 1.29 is 31.9 Å². The van der Waals surface area contributed by atoms with Crippen LogP contribution >= 0.6 is 0 Å². The number of nitrogens with one attached hydrogen (secondary N) is 2. The Bertz CT molecular complexity index is 1040. The maximum absolute atomic E-state index is 14.8. The molecule has 176 valence electrons. The molecule has 2 amide bonds. The van der Waals surface area contributed by atoms with Gasteiger partial charge in [0, 0.05) is 32.0 Å². The highest BCUT2D eigenvalue weighted by Gasteiger charge is 2.32. The van der Waals surface area contributed by atoms with Gasteiger partial charge in [-0.05, 0) is 29.3 Å². The average molecular weight is 465 g/mol. The van der Waals surface area contributed by atoms with Crippen LogP contribution in [0.15, 0.2) is 54.4 Å². The molecule has 0 saturated carbocycles. The summed E-state index contributed by atoms with van der Waals surface area (Å²) in [6.07, 6.45) is -3.83. The van der Waals surface area contributed by atoms with E-state index in [1.54, 1.807) is 36.4 Å². The van der Waals surface area contributed by atoms with Gasteiger partial charge in [-0.2, -0.15) is 8.78 Å². The van der Waals surface area contributed by atoms with E-state index >= 15 is 0 Å². The second kappa shape index (κ2) is 11.0. The van der Waals surface area contributed by atoms with Gasteiger partial charge in [-0.15, -0.1) is 0 Å². The Morgan fingerprint density at radius 1 is 1.15 bits per heavy atom. The predicted octanol–water partition coefficient (Wildman–Crippen LogP) is 4.51. The topological polar surface area (TPSA) is 70.7 Å². The van der Waals surface area contributed by atoms with Gasteiger partial charge in [0.25, 0.3) is 0 Å². The van der Waals surface area contributed by atoms with Gasteiger partial charge < -0.3 is 15.4 Å². The van der Waals surface area contributed by atoms with E-state index in [0.717, 1.165) is 5.56 Å². The molecule has 1 aliphatic rings. The van der Waals surface area contributed by atoms with Crippen molar-refractivity contribution in [3.63, 3.8) is 0 Å². The molecule has 33 heavy (non-hydrogen) atoms. The van der Waals surface area contributed by atoms with E-state index in [9.17, 15) is 27.2 Å². The fourth-order valence-corrected chi connectivity index (χ4v) is 3.33. The summed E-state index contributed by atoms with van der Waals surface area (Å²) in [7, 11) is 0. The number of benzene rings is 2. The third kappa shape index (κ3) is 6.55. The lowest BCUT2D eigenvalue weighted by molar-refractivity contribution is -0.119. The normalized spacial score (nSPS) is 15.4. The highest BCUT2D eigenvalue weighted by molar-refractivity contribution is 5.90. The number of hydrogen-bond acceptors (Lipinski definition) is 4. The highest BCUT2D eigenvalue weighted by Crippen LogP contribution is 2.29. The smallest absolute Gasteiger partial charge is 0.414 e. The number of rotatable bonds is 9. The number of ether oxygens (including phenoxy) is 1. The second-order valence-electron chi connectivity index (χ2n) is 7.51. The van der Waals surface area contributed by atoms with Crippen molar-refractivity contribution in [2.24, 2.45) is 0 Å². The minimum atomic E-state index is -2.30. The summed E-state index contributed by atoms with van der Waals surface area (Å²) in [6, 6.07) is 11.4. The first-order valence-corrected chi connectivity index (χ1v) is 10.3. The largest absolute Gasteiger partial charge is 0.442 e. The van der Waals surface area contributed by atoms with Crippen LogP contribution in [0.3, 0.4) is 0 Å². The molecular weight excluding hydrogens is 442 g/mol. The standard InChI is InChI=1S/C23H23F4N3O3/c1-14(31)29-12-18-13-30(23(32)33-18)17-6-7-19(21(25)10-17)16-4-2-15(3-5-16)11-28-9-8-20(24)22(26)27/h2-7,10,18,28H,8-9,11-13H2,1H3,(H,29,31)/t18-/m0/s1. The summed E-state index contributed by atoms with van der Waals surface area (Å²) in [6.45, 7) is 2.14. The number of amides is 2. The first kappa shape index (κ1) is 24.2. The van der Waals surface area contributed by atoms with Crippen LogP contribution in [0.4, 0.5) is 28.0 Å². The molecule has 0 spiro atoms. The molecule has 10 heteroatoms. The molecule has 0 bridgehead atoms. The zero-order valence-electron chi connectivity index (χ0n) is 17.8. The van der Waals surface area contributed by atoms with Gasteiger partial charge in [0.1, 0.15) is 11.9 Å². The van der Waals surface area contributed by atoms with Crippen molar-refractivity contribution in [1.29, 1.82) is 0 Å². The molecule has 1 heterocycles. The Morgan fingerprint density at radius 2 is 1.88 bits per heavy atom. The molecule has 1 aliphatic heterocycles. The lowest BCUT2D eigenvalue weighted by Gasteiger charge is -2.15. The van der Waals surface area contributed by atoms with E-state index in [1.807, 2.05) is 0 Å². The number of carbonyl (C=O) groups excluding carboxylic acids is 2. The lowest BCUT2D eigenvalue weighted by Crippen LogP contribution is -2.33. The second-order valence-corrected chi connectivity index (χ2v) is 7.51. The summed E-state index contributed by atoms with van der Waals surface area (Å²) in [5.74, 6) is -2.19. The van der Waals surface area contributed by atoms with Crippen LogP contribution in [0.25, 0.3) is 11.1 Å². The van der Waals surface area contributed by atoms with Gasteiger partial charge in [0.05, 0.1) is 18.8 Å². The van der Waals surface area contributed by atoms with Crippen molar-refractivity contribution >= 4 is 17.7 Å². The van der Waals surface area contributed by atoms with Crippen LogP contribution in [0.1, 0.15) is 18.9 Å². The minimum Gasteiger partial charge on any atom is -0.442 e. The SMILES string of the molecule is CC(=O)NC[C@H]1CN(c2ccc(-c3ccc(CNCCC(F)=C(F)F)cc3)c(F)c2)C(=O)O1. The highest BCUT2D eigenvalue weighted by atomic mass is 19.3. The molecular formula is C23H23F4N3O3. The van der Waals surface area contributed by atoms with Gasteiger partial charge in [0.15, 0.2) is 5.83 Å². The molecule has 0 aromatic heterocycles. The predicted molar refractivity (Wildman–Crippen MR) is 115 cm³/mol. The van der Waals surface area contributed by atoms with Crippen LogP contribution in [0.2, 0.25) is 0 Å². The maximum Gasteiger partial charge on any atom is 0.414 e. The molecule has 1 atom stereocenters. The third-order valence-electron chi connectivity index (χ3n) is 5.04. The van der Waals surface area contributed by atoms with Gasteiger partial charge in [-0.1, -0.05) is 24.3 Å². The Balaban J connectivity index is 1.60. The maximum atomic E-state index is 14.8. The van der Waals surface area contributed by atoms with Crippen LogP contribution in [-0.4, -0.2) is 37.7 Å². The van der Waals surface area contributed by atoms with Crippen LogP contribution < -0.4 is 15.5 Å². The first-order valence-electron chi connectivity index (χ1n) is 10.3. The molecule has 1 fully saturated rings. The number of anilines is 1. The van der Waals surface area contributed by atoms with E-state index in [4.69, 9.17) is 4.74 Å². The molecule has 2 aromatic rings. The van der Waals surface area contributed by atoms with E-state index in [2.05, 4.69) is 10.6 Å². The van der Waals surface area contributed by atoms with Crippen molar-refractivity contribution in [3.8, 4) is 11.1 Å². The quantitative estimate of drug-likeness (QED) is 0.422. The monoisotopic (exact) mass is 465 g/mol. The Hall–Kier alpha value is -3.40. The number of cyclic esters (lactones) is 1. The molecule has 0 radical (unpaired) electrons. The summed E-state index contributed by atoms with van der Waals surface area (Å²) in [4.78, 5) is 24.4. The van der Waals surface area contributed by atoms with Crippen molar-refractivity contribution in [2.45, 2.75) is 26.0 Å².